The Morgan fingerprint density at radius 1 is 0.726 bits per heavy atom. The maximum absolute atomic E-state index is 13.7. The molecule has 1 fully saturated rings. The summed E-state index contributed by atoms with van der Waals surface area (Å²) in [7, 11) is 3.55. The van der Waals surface area contributed by atoms with Crippen LogP contribution in [0.5, 0.6) is 0 Å². The number of allylic oxidation sites excluding steroid dienone is 6. The van der Waals surface area contributed by atoms with Gasteiger partial charge in [0.15, 0.2) is 11.7 Å². The molecule has 18 nitrogen and oxygen atoms in total. The molecule has 0 radical (unpaired) electrons. The van der Waals surface area contributed by atoms with Gasteiger partial charge < -0.3 is 75.9 Å². The van der Waals surface area contributed by atoms with Gasteiger partial charge in [-0.05, 0) is 95.0 Å². The van der Waals surface area contributed by atoms with E-state index in [1.54, 1.807) is 72.0 Å². The molecule has 2 heterocycles. The quantitative estimate of drug-likeness (QED) is 0.0192. The summed E-state index contributed by atoms with van der Waals surface area (Å²) in [5.74, 6) is -3.97. The predicted octanol–water partition coefficient (Wildman–Crippen LogP) is 7.93. The number of carbonyl (C=O) groups excluding carboxylic acids is 2. The van der Waals surface area contributed by atoms with Gasteiger partial charge in [-0.15, -0.1) is 0 Å². The van der Waals surface area contributed by atoms with Crippen LogP contribution >= 0.6 is 0 Å². The third kappa shape index (κ3) is 30.4. The van der Waals surface area contributed by atoms with E-state index in [0.717, 1.165) is 70.3 Å². The Labute approximate surface area is 505 Å². The monoisotopic (exact) mass is 1190 g/mol. The van der Waals surface area contributed by atoms with Gasteiger partial charge >= 0.3 is 11.9 Å². The fourth-order valence-corrected chi connectivity index (χ4v) is 11.1. The summed E-state index contributed by atoms with van der Waals surface area (Å²) < 4.78 is 18.3. The van der Waals surface area contributed by atoms with Crippen LogP contribution in [-0.4, -0.2) is 169 Å². The molecule has 0 saturated carbocycles. The van der Waals surface area contributed by atoms with Crippen LogP contribution in [0.3, 0.4) is 0 Å². The van der Waals surface area contributed by atoms with Gasteiger partial charge in [0.2, 0.25) is 0 Å². The molecule has 0 aliphatic carbocycles. The van der Waals surface area contributed by atoms with E-state index in [0.29, 0.717) is 23.5 Å². The number of esters is 2. The minimum atomic E-state index is -2.43. The van der Waals surface area contributed by atoms with Crippen molar-refractivity contribution in [2.24, 2.45) is 40.5 Å². The highest BCUT2D eigenvalue weighted by Gasteiger charge is 2.50. The van der Waals surface area contributed by atoms with E-state index in [9.17, 15) is 60.7 Å². The van der Waals surface area contributed by atoms with Gasteiger partial charge in [0, 0.05) is 88.9 Å². The van der Waals surface area contributed by atoms with Gasteiger partial charge in [0.1, 0.15) is 18.3 Å². The number of ether oxygens (including phenoxy) is 3. The van der Waals surface area contributed by atoms with E-state index >= 15 is 0 Å². The second-order valence-corrected chi connectivity index (χ2v) is 25.3. The van der Waals surface area contributed by atoms with Crippen LogP contribution in [-0.2, 0) is 23.8 Å². The number of aliphatic hydroxyl groups excluding tert-OH is 9. The largest absolute Gasteiger partial charge is 0.462 e. The molecule has 2 rings (SSSR count). The summed E-state index contributed by atoms with van der Waals surface area (Å²) in [6, 6.07) is 0. The highest BCUT2D eigenvalue weighted by atomic mass is 16.7. The second kappa shape index (κ2) is 41.6. The maximum atomic E-state index is 13.7. The molecule has 2 aliphatic rings. The summed E-state index contributed by atoms with van der Waals surface area (Å²) in [5, 5.41) is 119. The average molecular weight is 1190 g/mol. The molecule has 0 unspecified atom stereocenters. The van der Waals surface area contributed by atoms with Gasteiger partial charge in [-0.3, -0.25) is 9.79 Å². The van der Waals surface area contributed by atoms with Crippen molar-refractivity contribution in [3.63, 3.8) is 0 Å². The number of rotatable bonds is 19. The van der Waals surface area contributed by atoms with Crippen molar-refractivity contribution in [3.05, 3.63) is 59.8 Å². The van der Waals surface area contributed by atoms with Crippen molar-refractivity contribution in [1.29, 1.82) is 0 Å². The summed E-state index contributed by atoms with van der Waals surface area (Å²) in [6.07, 6.45) is 11.8. The zero-order valence-electron chi connectivity index (χ0n) is 53.2. The van der Waals surface area contributed by atoms with E-state index in [2.05, 4.69) is 48.5 Å². The van der Waals surface area contributed by atoms with Gasteiger partial charge in [0.25, 0.3) is 0 Å². The molecule has 0 aromatic carbocycles. The zero-order chi connectivity index (χ0) is 62.9. The third-order valence-electron chi connectivity index (χ3n) is 17.1. The first-order valence-corrected chi connectivity index (χ1v) is 31.9. The summed E-state index contributed by atoms with van der Waals surface area (Å²) in [5.41, 5.74) is 0.894. The molecular formula is C66H117N3O15. The lowest BCUT2D eigenvalue weighted by Gasteiger charge is -2.45. The Kier molecular flexibility index (Phi) is 37.9. The number of unbranched alkanes of at least 4 members (excludes halogenated alkanes) is 7. The maximum Gasteiger partial charge on any atom is 0.334 e. The van der Waals surface area contributed by atoms with Crippen LogP contribution < -0.4 is 10.6 Å². The highest BCUT2D eigenvalue weighted by molar-refractivity contribution is 5.88. The lowest BCUT2D eigenvalue weighted by Crippen LogP contribution is -2.60. The van der Waals surface area contributed by atoms with Crippen molar-refractivity contribution < 1.29 is 74.9 Å². The minimum Gasteiger partial charge on any atom is -0.462 e. The highest BCUT2D eigenvalue weighted by Crippen LogP contribution is 2.36. The molecular weight excluding hydrogens is 1070 g/mol. The summed E-state index contributed by atoms with van der Waals surface area (Å²) in [4.78, 5) is 31.2. The van der Waals surface area contributed by atoms with E-state index in [4.69, 9.17) is 14.2 Å². The second-order valence-electron chi connectivity index (χ2n) is 25.3. The first kappa shape index (κ1) is 76.6. The molecule has 486 valence electrons. The minimum absolute atomic E-state index is 0.0328. The first-order chi connectivity index (χ1) is 39.7. The van der Waals surface area contributed by atoms with E-state index in [-0.39, 0.29) is 69.6 Å². The van der Waals surface area contributed by atoms with E-state index < -0.39 is 115 Å². The Morgan fingerprint density at radius 2 is 1.36 bits per heavy atom. The predicted molar refractivity (Wildman–Crippen MR) is 331 cm³/mol. The lowest BCUT2D eigenvalue weighted by atomic mass is 9.84. The topological polar surface area (TPSA) is 301 Å². The molecule has 2 bridgehead atoms. The smallest absolute Gasteiger partial charge is 0.334 e. The SMILES string of the molecule is CN=C(NC)NCCC/C=C/CCC[C@@H](C)[C@H]1OC(=O)/C(C)=C\C=C\[C@@H](C)[C@@H](O)C[C@@H](O)[C@H](C)[C@H](O)CC[C@H](C)[C@@H](O)C[C@]2(O)O[C@H](C[C@H](OC(=O)CCCCCCCCC(C)C)C[C@@H](O)C[C@@H](O)C[C@@H](O)/C(C)=C\C=C/[C@H]1C)C[C@@H](O)[C@@H]2O. The molecule has 12 N–H and O–H groups in total. The molecule has 18 atom stereocenters. The summed E-state index contributed by atoms with van der Waals surface area (Å²) in [6.45, 7) is 17.8. The van der Waals surface area contributed by atoms with E-state index in [1.807, 2.05) is 20.0 Å². The number of hydrogen-bond donors (Lipinski definition) is 12. The fourth-order valence-electron chi connectivity index (χ4n) is 11.1. The molecule has 0 aromatic rings. The number of nitrogens with zero attached hydrogens (tertiary/aromatic N) is 1. The number of hydrogen-bond acceptors (Lipinski definition) is 16. The summed E-state index contributed by atoms with van der Waals surface area (Å²) >= 11 is 0. The number of cyclic esters (lactones) is 1. The van der Waals surface area contributed by atoms with Crippen molar-refractivity contribution in [2.75, 3.05) is 20.6 Å². The van der Waals surface area contributed by atoms with Gasteiger partial charge in [0.05, 0.1) is 54.9 Å². The Bertz CT molecular complexity index is 2010. The fraction of sp³-hybridized carbons (Fsp3) is 0.803. The average Bonchev–Trinajstić information content (AvgIpc) is 3.61. The Balaban J connectivity index is 2.42. The first-order valence-electron chi connectivity index (χ1n) is 31.9. The Hall–Kier alpha value is -3.53. The lowest BCUT2D eigenvalue weighted by molar-refractivity contribution is -0.333. The zero-order valence-corrected chi connectivity index (χ0v) is 53.2. The van der Waals surface area contributed by atoms with Crippen molar-refractivity contribution in [3.8, 4) is 0 Å². The molecule has 0 amide bonds. The number of aliphatic hydroxyl groups is 10. The third-order valence-corrected chi connectivity index (χ3v) is 17.1. The van der Waals surface area contributed by atoms with Crippen LogP contribution in [0, 0.1) is 35.5 Å². The van der Waals surface area contributed by atoms with E-state index in [1.165, 1.54) is 12.8 Å². The van der Waals surface area contributed by atoms with Gasteiger partial charge in [-0.25, -0.2) is 4.79 Å². The van der Waals surface area contributed by atoms with Gasteiger partial charge in [-0.2, -0.15) is 0 Å². The van der Waals surface area contributed by atoms with Crippen molar-refractivity contribution in [2.45, 2.75) is 283 Å². The molecule has 0 aromatic heterocycles. The normalized spacial score (nSPS) is 35.6. The number of guanidine groups is 1. The van der Waals surface area contributed by atoms with Gasteiger partial charge in [-0.1, -0.05) is 136 Å². The molecule has 84 heavy (non-hydrogen) atoms. The standard InChI is InChI=1S/C66H117N3O15/c1-43(2)26-20-16-12-13-18-22-32-61(78)82-53-37-51(70)36-52(71)38-56(73)44(3)28-24-30-48(7)62(47(6)27-21-17-14-15-19-23-35-69-65(67-10)68-11)83-64(80)49(8)31-25-29-45(4)57(74)41-58(75)50(9)55(72)34-33-46(5)60(77)42-66(81)63(79)59(76)40-54(39-53)84-66/h14-15,24-25,28-31,43,45-48,50-60,62-63,70-77,79,81H,12-13,16-23,26-27,32-42H2,1-11H3,(H2,67,68,69)/b15-14+,29-25+,30-24-,44-28-,49-31-/t45-,46+,47-,48-,50-,51+,52-,53-,54-,55-,56-,57+,58-,59-,60+,62-,63+,66+/m1/s1. The molecule has 2 aliphatic heterocycles. The van der Waals surface area contributed by atoms with Crippen LogP contribution in [0.15, 0.2) is 64.7 Å². The Morgan fingerprint density at radius 3 is 2.02 bits per heavy atom. The van der Waals surface area contributed by atoms with Crippen molar-refractivity contribution >= 4 is 17.9 Å². The van der Waals surface area contributed by atoms with Crippen molar-refractivity contribution in [1.82, 2.24) is 10.6 Å². The van der Waals surface area contributed by atoms with Crippen LogP contribution in [0.4, 0.5) is 0 Å². The molecule has 0 spiro atoms. The van der Waals surface area contributed by atoms with Crippen LogP contribution in [0.25, 0.3) is 0 Å². The number of aliphatic imine (C=N–C) groups is 1. The molecule has 18 heteroatoms. The number of fused-ring (bicyclic) bond motifs is 2. The number of carbonyl (C=O) groups is 2. The number of nitrogens with one attached hydrogen (secondary N) is 2. The molecule has 1 saturated heterocycles. The van der Waals surface area contributed by atoms with Crippen LogP contribution in [0.2, 0.25) is 0 Å². The van der Waals surface area contributed by atoms with Crippen LogP contribution in [0.1, 0.15) is 204 Å².